The molecule has 0 spiro atoms. The average molecular weight is 345 g/mol. The quantitative estimate of drug-likeness (QED) is 0.795. The minimum absolute atomic E-state index is 0. The Morgan fingerprint density at radius 1 is 1.50 bits per heavy atom. The molecule has 8 heteroatoms. The molecular weight excluding hydrogens is 324 g/mol. The van der Waals surface area contributed by atoms with Gasteiger partial charge in [-0.2, -0.15) is 0 Å². The van der Waals surface area contributed by atoms with E-state index in [1.807, 2.05) is 19.2 Å². The van der Waals surface area contributed by atoms with Crippen LogP contribution in [0.15, 0.2) is 22.6 Å². The van der Waals surface area contributed by atoms with E-state index >= 15 is 0 Å². The molecule has 2 aromatic heterocycles. The topological polar surface area (TPSA) is 76.0 Å². The number of carbonyl (C=O) groups excluding carboxylic acids is 1. The molecule has 6 nitrogen and oxygen atoms in total. The van der Waals surface area contributed by atoms with E-state index in [9.17, 15) is 9.59 Å². The number of hydrogen-bond donors (Lipinski definition) is 2. The summed E-state index contributed by atoms with van der Waals surface area (Å²) >= 11 is 1.44. The highest BCUT2D eigenvalue weighted by molar-refractivity contribution is 7.16. The highest BCUT2D eigenvalue weighted by atomic mass is 35.5. The van der Waals surface area contributed by atoms with Gasteiger partial charge >= 0.3 is 0 Å². The monoisotopic (exact) mass is 344 g/mol. The Hall–Kier alpha value is -1.44. The number of rotatable bonds is 7. The predicted molar refractivity (Wildman–Crippen MR) is 91.9 cm³/mol. The maximum absolute atomic E-state index is 12.1. The van der Waals surface area contributed by atoms with Crippen LogP contribution < -0.4 is 16.2 Å². The zero-order chi connectivity index (χ0) is 15.2. The third-order valence-corrected chi connectivity index (χ3v) is 4.01. The lowest BCUT2D eigenvalue weighted by atomic mass is 10.3. The Balaban J connectivity index is 0.00000242. The van der Waals surface area contributed by atoms with E-state index in [-0.39, 0.29) is 36.3 Å². The molecule has 2 N–H and O–H groups in total. The Kier molecular flexibility index (Phi) is 7.50. The van der Waals surface area contributed by atoms with E-state index in [4.69, 9.17) is 0 Å². The highest BCUT2D eigenvalue weighted by Crippen LogP contribution is 2.13. The minimum atomic E-state index is -0.0879. The van der Waals surface area contributed by atoms with E-state index in [0.29, 0.717) is 18.5 Å². The fourth-order valence-electron chi connectivity index (χ4n) is 2.05. The van der Waals surface area contributed by atoms with E-state index in [1.54, 1.807) is 6.07 Å². The fraction of sp³-hybridized carbons (Fsp3) is 0.500. The van der Waals surface area contributed by atoms with Gasteiger partial charge in [0.15, 0.2) is 0 Å². The van der Waals surface area contributed by atoms with E-state index in [2.05, 4.69) is 15.6 Å². The molecule has 0 saturated carbocycles. The first-order chi connectivity index (χ1) is 10.1. The molecule has 0 aromatic carbocycles. The Morgan fingerprint density at radius 3 is 3.00 bits per heavy atom. The van der Waals surface area contributed by atoms with Crippen LogP contribution in [0.3, 0.4) is 0 Å². The van der Waals surface area contributed by atoms with Gasteiger partial charge in [0.05, 0.1) is 11.7 Å². The molecule has 0 fully saturated rings. The number of carbonyl (C=O) groups is 1. The van der Waals surface area contributed by atoms with E-state index in [1.165, 1.54) is 22.2 Å². The van der Waals surface area contributed by atoms with Gasteiger partial charge in [-0.05, 0) is 24.9 Å². The van der Waals surface area contributed by atoms with Gasteiger partial charge in [0.1, 0.15) is 4.83 Å². The summed E-state index contributed by atoms with van der Waals surface area (Å²) in [5, 5.41) is 8.54. The van der Waals surface area contributed by atoms with Gasteiger partial charge in [-0.1, -0.05) is 6.92 Å². The maximum Gasteiger partial charge on any atom is 0.262 e. The number of fused-ring (bicyclic) bond motifs is 1. The number of aryl methyl sites for hydroxylation is 1. The second kappa shape index (κ2) is 8.87. The molecule has 22 heavy (non-hydrogen) atoms. The lowest BCUT2D eigenvalue weighted by molar-refractivity contribution is -0.121. The van der Waals surface area contributed by atoms with Crippen molar-refractivity contribution in [3.8, 4) is 0 Å². The number of nitrogens with one attached hydrogen (secondary N) is 2. The summed E-state index contributed by atoms with van der Waals surface area (Å²) in [5.41, 5.74) is -0.0879. The number of nitrogens with zero attached hydrogens (tertiary/aromatic N) is 2. The maximum atomic E-state index is 12.1. The normalized spacial score (nSPS) is 11.9. The number of aromatic nitrogens is 2. The SMILES string of the molecule is CCN[C@H](C)CNC(=O)CCn1cnc2sccc2c1=O.Cl. The van der Waals surface area contributed by atoms with Crippen LogP contribution in [0, 0.1) is 0 Å². The molecule has 2 heterocycles. The summed E-state index contributed by atoms with van der Waals surface area (Å²) < 4.78 is 1.49. The van der Waals surface area contributed by atoms with Crippen LogP contribution in [0.4, 0.5) is 0 Å². The molecule has 0 aliphatic rings. The fourth-order valence-corrected chi connectivity index (χ4v) is 2.77. The lowest BCUT2D eigenvalue weighted by Crippen LogP contribution is -2.39. The van der Waals surface area contributed by atoms with Crippen molar-refractivity contribution in [2.24, 2.45) is 0 Å². The first-order valence-corrected chi connectivity index (χ1v) is 7.92. The molecule has 2 aromatic rings. The smallest absolute Gasteiger partial charge is 0.262 e. The van der Waals surface area contributed by atoms with Gasteiger partial charge in [-0.3, -0.25) is 14.2 Å². The summed E-state index contributed by atoms with van der Waals surface area (Å²) in [5.74, 6) is -0.0583. The predicted octanol–water partition coefficient (Wildman–Crippen LogP) is 1.38. The number of thiophene rings is 1. The molecule has 1 atom stereocenters. The lowest BCUT2D eigenvalue weighted by Gasteiger charge is -2.13. The third kappa shape index (κ3) is 4.79. The Labute approximate surface area is 139 Å². The van der Waals surface area contributed by atoms with Gasteiger partial charge < -0.3 is 10.6 Å². The summed E-state index contributed by atoms with van der Waals surface area (Å²) in [6.45, 7) is 5.85. The molecule has 0 saturated heterocycles. The van der Waals surface area contributed by atoms with Crippen LogP contribution in [-0.4, -0.2) is 34.6 Å². The zero-order valence-corrected chi connectivity index (χ0v) is 14.3. The number of hydrogen-bond acceptors (Lipinski definition) is 5. The second-order valence-electron chi connectivity index (χ2n) is 4.90. The van der Waals surface area contributed by atoms with Gasteiger partial charge in [-0.15, -0.1) is 23.7 Å². The molecule has 122 valence electrons. The zero-order valence-electron chi connectivity index (χ0n) is 12.7. The van der Waals surface area contributed by atoms with Crippen molar-refractivity contribution in [3.05, 3.63) is 28.1 Å². The Morgan fingerprint density at radius 2 is 2.27 bits per heavy atom. The van der Waals surface area contributed by atoms with Crippen LogP contribution in [0.5, 0.6) is 0 Å². The molecule has 2 rings (SSSR count). The molecule has 1 amide bonds. The van der Waals surface area contributed by atoms with Crippen molar-refractivity contribution < 1.29 is 4.79 Å². The number of halogens is 1. The second-order valence-corrected chi connectivity index (χ2v) is 5.79. The van der Waals surface area contributed by atoms with Crippen molar-refractivity contribution in [2.75, 3.05) is 13.1 Å². The van der Waals surface area contributed by atoms with Gasteiger partial charge in [-0.25, -0.2) is 4.98 Å². The molecule has 0 radical (unpaired) electrons. The Bertz CT molecular complexity index is 670. The molecule has 0 aliphatic carbocycles. The summed E-state index contributed by atoms with van der Waals surface area (Å²) in [7, 11) is 0. The van der Waals surface area contributed by atoms with E-state index < -0.39 is 0 Å². The van der Waals surface area contributed by atoms with Crippen LogP contribution in [0.1, 0.15) is 20.3 Å². The van der Waals surface area contributed by atoms with Crippen molar-refractivity contribution in [1.82, 2.24) is 20.2 Å². The average Bonchev–Trinajstić information content (AvgIpc) is 2.94. The van der Waals surface area contributed by atoms with Crippen LogP contribution in [0.25, 0.3) is 10.2 Å². The third-order valence-electron chi connectivity index (χ3n) is 3.19. The first kappa shape index (κ1) is 18.6. The first-order valence-electron chi connectivity index (χ1n) is 7.04. The van der Waals surface area contributed by atoms with E-state index in [0.717, 1.165) is 11.4 Å². The number of likely N-dealkylation sites (N-methyl/N-ethyl adjacent to an activating group) is 1. The molecule has 0 unspecified atom stereocenters. The summed E-state index contributed by atoms with van der Waals surface area (Å²) in [4.78, 5) is 28.9. The summed E-state index contributed by atoms with van der Waals surface area (Å²) in [6, 6.07) is 2.01. The van der Waals surface area contributed by atoms with Gasteiger partial charge in [0.25, 0.3) is 5.56 Å². The highest BCUT2D eigenvalue weighted by Gasteiger charge is 2.08. The van der Waals surface area contributed by atoms with Crippen LogP contribution in [0.2, 0.25) is 0 Å². The molecule has 0 aliphatic heterocycles. The molecular formula is C14H21ClN4O2S. The van der Waals surface area contributed by atoms with Crippen molar-refractivity contribution in [1.29, 1.82) is 0 Å². The standard InChI is InChI=1S/C14H20N4O2S.ClH/c1-3-15-10(2)8-16-12(19)4-6-18-9-17-13-11(14(18)20)5-7-21-13;/h5,7,9-10,15H,3-4,6,8H2,1-2H3,(H,16,19);1H/t10-;/m1./s1. The number of amides is 1. The minimum Gasteiger partial charge on any atom is -0.354 e. The van der Waals surface area contributed by atoms with Crippen molar-refractivity contribution in [2.45, 2.75) is 32.9 Å². The van der Waals surface area contributed by atoms with Crippen LogP contribution in [-0.2, 0) is 11.3 Å². The largest absolute Gasteiger partial charge is 0.354 e. The van der Waals surface area contributed by atoms with Crippen LogP contribution >= 0.6 is 23.7 Å². The van der Waals surface area contributed by atoms with Gasteiger partial charge in [0, 0.05) is 25.6 Å². The van der Waals surface area contributed by atoms with Gasteiger partial charge in [0.2, 0.25) is 5.91 Å². The molecule has 0 bridgehead atoms. The van der Waals surface area contributed by atoms with Crippen molar-refractivity contribution in [3.63, 3.8) is 0 Å². The van der Waals surface area contributed by atoms with Crippen molar-refractivity contribution >= 4 is 39.9 Å². The summed E-state index contributed by atoms with van der Waals surface area (Å²) in [6.07, 6.45) is 1.78.